The van der Waals surface area contributed by atoms with Gasteiger partial charge >= 0.3 is 0 Å². The fourth-order valence-corrected chi connectivity index (χ4v) is 8.47. The highest BCUT2D eigenvalue weighted by Crippen LogP contribution is 2.44. The molecule has 0 fully saturated rings. The van der Waals surface area contributed by atoms with Gasteiger partial charge in [0.05, 0.1) is 5.52 Å². The van der Waals surface area contributed by atoms with Crippen molar-refractivity contribution in [3.8, 4) is 28.3 Å². The summed E-state index contributed by atoms with van der Waals surface area (Å²) in [6.07, 6.45) is 0. The Morgan fingerprint density at radius 1 is 0.415 bits per heavy atom. The Morgan fingerprint density at radius 3 is 1.98 bits per heavy atom. The third-order valence-corrected chi connectivity index (χ3v) is 10.8. The third-order valence-electron chi connectivity index (χ3n) is 10.8. The predicted molar refractivity (Wildman–Crippen MR) is 217 cm³/mol. The molecule has 0 atom stereocenters. The molecule has 0 aliphatic heterocycles. The molecular weight excluding hydrogens is 651 g/mol. The SMILES string of the molecule is c1ccc(-c2nc(-n3c4ccccc4c4ccc5c6ccccc6oc5c43)nc3c2oc2c4ccccc4c(-c4cccc5ccccc45)cc32)cc1. The number of para-hydroxylation sites is 2. The molecule has 53 heavy (non-hydrogen) atoms. The molecule has 0 saturated carbocycles. The van der Waals surface area contributed by atoms with E-state index in [9.17, 15) is 0 Å². The molecule has 12 rings (SSSR count). The molecule has 5 nitrogen and oxygen atoms in total. The van der Waals surface area contributed by atoms with Crippen LogP contribution in [-0.4, -0.2) is 14.5 Å². The highest BCUT2D eigenvalue weighted by Gasteiger charge is 2.25. The van der Waals surface area contributed by atoms with E-state index in [1.54, 1.807) is 0 Å². The second-order valence-corrected chi connectivity index (χ2v) is 13.7. The minimum absolute atomic E-state index is 0.554. The van der Waals surface area contributed by atoms with Crippen LogP contribution < -0.4 is 0 Å². The highest BCUT2D eigenvalue weighted by molar-refractivity contribution is 6.23. The molecule has 4 aromatic heterocycles. The Hall–Kier alpha value is -7.24. The van der Waals surface area contributed by atoms with Crippen LogP contribution in [0.25, 0.3) is 116 Å². The number of nitrogens with zero attached hydrogens (tertiary/aromatic N) is 3. The molecular formula is C48H27N3O2. The quantitative estimate of drug-likeness (QED) is 0.187. The van der Waals surface area contributed by atoms with E-state index in [0.717, 1.165) is 87.8 Å². The van der Waals surface area contributed by atoms with Crippen molar-refractivity contribution in [3.63, 3.8) is 0 Å². The van der Waals surface area contributed by atoms with Gasteiger partial charge in [-0.05, 0) is 51.6 Å². The van der Waals surface area contributed by atoms with Crippen molar-refractivity contribution in [3.05, 3.63) is 164 Å². The van der Waals surface area contributed by atoms with E-state index < -0.39 is 0 Å². The van der Waals surface area contributed by atoms with Gasteiger partial charge in [0.1, 0.15) is 27.9 Å². The van der Waals surface area contributed by atoms with Crippen molar-refractivity contribution in [2.45, 2.75) is 0 Å². The number of furan rings is 2. The predicted octanol–water partition coefficient (Wildman–Crippen LogP) is 13.0. The Balaban J connectivity index is 1.25. The molecule has 0 radical (unpaired) electrons. The molecule has 4 heterocycles. The maximum Gasteiger partial charge on any atom is 0.236 e. The molecule has 0 amide bonds. The summed E-state index contributed by atoms with van der Waals surface area (Å²) >= 11 is 0. The summed E-state index contributed by atoms with van der Waals surface area (Å²) in [6, 6.07) is 57.2. The van der Waals surface area contributed by atoms with Crippen molar-refractivity contribution >= 4 is 87.4 Å². The van der Waals surface area contributed by atoms with Gasteiger partial charge in [-0.25, -0.2) is 9.97 Å². The number of rotatable bonds is 3. The van der Waals surface area contributed by atoms with Crippen molar-refractivity contribution in [2.75, 3.05) is 0 Å². The topological polar surface area (TPSA) is 57.0 Å². The van der Waals surface area contributed by atoms with E-state index in [0.29, 0.717) is 11.5 Å². The first-order valence-electron chi connectivity index (χ1n) is 17.8. The zero-order valence-electron chi connectivity index (χ0n) is 28.2. The molecule has 0 spiro atoms. The number of aromatic nitrogens is 3. The van der Waals surface area contributed by atoms with Gasteiger partial charge in [0.25, 0.3) is 0 Å². The fourth-order valence-electron chi connectivity index (χ4n) is 8.47. The van der Waals surface area contributed by atoms with Gasteiger partial charge in [-0.3, -0.25) is 4.57 Å². The van der Waals surface area contributed by atoms with E-state index in [4.69, 9.17) is 18.8 Å². The first kappa shape index (κ1) is 28.5. The van der Waals surface area contributed by atoms with E-state index >= 15 is 0 Å². The Kier molecular flexibility index (Phi) is 5.71. The maximum absolute atomic E-state index is 6.93. The van der Waals surface area contributed by atoms with E-state index in [-0.39, 0.29) is 0 Å². The third kappa shape index (κ3) is 3.96. The van der Waals surface area contributed by atoms with Crippen LogP contribution in [-0.2, 0) is 0 Å². The lowest BCUT2D eigenvalue weighted by Crippen LogP contribution is -2.03. The van der Waals surface area contributed by atoms with Gasteiger partial charge in [0, 0.05) is 37.9 Å². The highest BCUT2D eigenvalue weighted by atomic mass is 16.3. The first-order valence-corrected chi connectivity index (χ1v) is 17.8. The summed E-state index contributed by atoms with van der Waals surface area (Å²) in [5, 5.41) is 9.83. The normalized spacial score (nSPS) is 12.2. The first-order chi connectivity index (χ1) is 26.3. The van der Waals surface area contributed by atoms with Crippen LogP contribution in [0.4, 0.5) is 0 Å². The molecule has 0 saturated heterocycles. The summed E-state index contributed by atoms with van der Waals surface area (Å²) in [6.45, 7) is 0. The summed E-state index contributed by atoms with van der Waals surface area (Å²) < 4.78 is 15.8. The summed E-state index contributed by atoms with van der Waals surface area (Å²) in [5.74, 6) is 0.554. The van der Waals surface area contributed by atoms with Crippen molar-refractivity contribution in [2.24, 2.45) is 0 Å². The summed E-state index contributed by atoms with van der Waals surface area (Å²) in [4.78, 5) is 10.9. The lowest BCUT2D eigenvalue weighted by molar-refractivity contribution is 0.669. The van der Waals surface area contributed by atoms with Gasteiger partial charge < -0.3 is 8.83 Å². The molecule has 0 unspecified atom stereocenters. The summed E-state index contributed by atoms with van der Waals surface area (Å²) in [7, 11) is 0. The van der Waals surface area contributed by atoms with Gasteiger partial charge in [0.15, 0.2) is 11.2 Å². The van der Waals surface area contributed by atoms with E-state index in [1.807, 2.05) is 30.3 Å². The van der Waals surface area contributed by atoms with Crippen molar-refractivity contribution < 1.29 is 8.83 Å². The van der Waals surface area contributed by atoms with Crippen LogP contribution >= 0.6 is 0 Å². The van der Waals surface area contributed by atoms with Crippen LogP contribution in [0.3, 0.4) is 0 Å². The summed E-state index contributed by atoms with van der Waals surface area (Å²) in [5.41, 5.74) is 9.81. The van der Waals surface area contributed by atoms with Crippen LogP contribution in [0.15, 0.2) is 173 Å². The lowest BCUT2D eigenvalue weighted by atomic mass is 9.92. The van der Waals surface area contributed by atoms with Crippen LogP contribution in [0, 0.1) is 0 Å². The zero-order valence-corrected chi connectivity index (χ0v) is 28.2. The largest absolute Gasteiger partial charge is 0.454 e. The van der Waals surface area contributed by atoms with Crippen molar-refractivity contribution in [1.82, 2.24) is 14.5 Å². The smallest absolute Gasteiger partial charge is 0.236 e. The lowest BCUT2D eigenvalue weighted by Gasteiger charge is -2.11. The van der Waals surface area contributed by atoms with Gasteiger partial charge in [-0.1, -0.05) is 140 Å². The fraction of sp³-hybridized carbons (Fsp3) is 0. The molecule has 246 valence electrons. The number of hydrogen-bond donors (Lipinski definition) is 0. The average Bonchev–Trinajstić information content (AvgIpc) is 3.90. The van der Waals surface area contributed by atoms with Gasteiger partial charge in [-0.2, -0.15) is 0 Å². The van der Waals surface area contributed by atoms with Crippen LogP contribution in [0.2, 0.25) is 0 Å². The monoisotopic (exact) mass is 677 g/mol. The maximum atomic E-state index is 6.93. The second kappa shape index (κ2) is 10.6. The Morgan fingerprint density at radius 2 is 1.09 bits per heavy atom. The molecule has 5 heteroatoms. The van der Waals surface area contributed by atoms with E-state index in [2.05, 4.69) is 138 Å². The zero-order chi connectivity index (χ0) is 34.6. The molecule has 0 aliphatic rings. The minimum Gasteiger partial charge on any atom is -0.454 e. The number of fused-ring (bicyclic) bond motifs is 13. The second-order valence-electron chi connectivity index (χ2n) is 13.7. The van der Waals surface area contributed by atoms with Crippen molar-refractivity contribution in [1.29, 1.82) is 0 Å². The standard InChI is InChI=1S/C48H27N3O2/c1-2-14-29(15-3-1)42-47-43(39-27-38(32-18-6-7-21-36(32)45(39)53-47)31-22-12-16-28-13-4-5-17-30(28)31)50-48(49-42)51-40-23-10-8-19-33(40)35-25-26-37-34-20-9-11-24-41(34)52-46(37)44(35)51/h1-27H. The Labute approximate surface area is 302 Å². The van der Waals surface area contributed by atoms with Gasteiger partial charge in [0.2, 0.25) is 5.95 Å². The molecule has 12 aromatic rings. The molecule has 0 N–H and O–H groups in total. The molecule has 0 aliphatic carbocycles. The van der Waals surface area contributed by atoms with Gasteiger partial charge in [-0.15, -0.1) is 0 Å². The molecule has 0 bridgehead atoms. The van der Waals surface area contributed by atoms with Crippen LogP contribution in [0.5, 0.6) is 0 Å². The number of benzene rings is 8. The Bertz CT molecular complexity index is 3460. The van der Waals surface area contributed by atoms with Crippen LogP contribution in [0.1, 0.15) is 0 Å². The number of hydrogen-bond acceptors (Lipinski definition) is 4. The average molecular weight is 678 g/mol. The van der Waals surface area contributed by atoms with E-state index in [1.165, 1.54) is 16.3 Å². The molecule has 8 aromatic carbocycles. The minimum atomic E-state index is 0.554.